The second-order valence-electron chi connectivity index (χ2n) is 14.6. The molecule has 1 unspecified atom stereocenters. The molecule has 0 aliphatic carbocycles. The fourth-order valence-electron chi connectivity index (χ4n) is 7.98. The number of hydrogen-bond donors (Lipinski definition) is 2. The van der Waals surface area contributed by atoms with Gasteiger partial charge in [0.25, 0.3) is 11.1 Å². The van der Waals surface area contributed by atoms with Crippen molar-refractivity contribution < 1.29 is 24.1 Å². The molecule has 14 nitrogen and oxygen atoms in total. The molecule has 2 N–H and O–H groups in total. The normalized spacial score (nSPS) is 19.3. The van der Waals surface area contributed by atoms with E-state index >= 15 is 0 Å². The number of carbonyl (C=O) groups excluding carboxylic acids is 1. The summed E-state index contributed by atoms with van der Waals surface area (Å²) in [5, 5.41) is 13.5. The highest BCUT2D eigenvalue weighted by atomic mass is 16.5. The molecule has 1 atom stereocenters. The Morgan fingerprint density at radius 1 is 0.796 bits per heavy atom. The number of benzene rings is 1. The van der Waals surface area contributed by atoms with Gasteiger partial charge < -0.3 is 43.6 Å². The number of nitrogens with zero attached hydrogens (tertiary/aromatic N) is 6. The fraction of sp³-hybridized carbons (Fsp3) is 0.500. The first-order chi connectivity index (χ1) is 26.2. The summed E-state index contributed by atoms with van der Waals surface area (Å²) in [7, 11) is 5.10. The SMILES string of the molecule is COc1cc(-c2cn(C)c(=O)c3cnccc23)c(OC)cc1CN1CCC(OC2CCN(CCn3cccc(CN4CCC(O)NC4=O)c3=O)CC2)CC1. The molecule has 0 bridgehead atoms. The van der Waals surface area contributed by atoms with Gasteiger partial charge in [-0.3, -0.25) is 19.5 Å². The third-order valence-electron chi connectivity index (χ3n) is 11.1. The smallest absolute Gasteiger partial charge is 0.319 e. The van der Waals surface area contributed by atoms with Crippen molar-refractivity contribution in [3.8, 4) is 22.6 Å². The molecule has 3 saturated heterocycles. The van der Waals surface area contributed by atoms with E-state index in [2.05, 4.69) is 26.2 Å². The van der Waals surface area contributed by atoms with Crippen LogP contribution in [0.4, 0.5) is 4.79 Å². The van der Waals surface area contributed by atoms with Crippen LogP contribution in [-0.2, 0) is 31.4 Å². The van der Waals surface area contributed by atoms with Gasteiger partial charge in [0.15, 0.2) is 0 Å². The van der Waals surface area contributed by atoms with Crippen molar-refractivity contribution in [3.05, 3.63) is 87.0 Å². The molecule has 0 saturated carbocycles. The van der Waals surface area contributed by atoms with E-state index in [0.29, 0.717) is 30.5 Å². The molecule has 3 aliphatic heterocycles. The number of fused-ring (bicyclic) bond motifs is 1. The quantitative estimate of drug-likeness (QED) is 0.222. The largest absolute Gasteiger partial charge is 0.496 e. The van der Waals surface area contributed by atoms with Gasteiger partial charge in [-0.25, -0.2) is 4.79 Å². The van der Waals surface area contributed by atoms with Gasteiger partial charge in [0.1, 0.15) is 17.7 Å². The van der Waals surface area contributed by atoms with Crippen molar-refractivity contribution in [2.75, 3.05) is 53.5 Å². The summed E-state index contributed by atoms with van der Waals surface area (Å²) in [6.07, 6.45) is 10.9. The van der Waals surface area contributed by atoms with E-state index in [1.807, 2.05) is 30.6 Å². The van der Waals surface area contributed by atoms with E-state index in [0.717, 1.165) is 98.5 Å². The minimum Gasteiger partial charge on any atom is -0.496 e. The Morgan fingerprint density at radius 3 is 2.22 bits per heavy atom. The highest BCUT2D eigenvalue weighted by Gasteiger charge is 2.28. The lowest BCUT2D eigenvalue weighted by Gasteiger charge is -2.37. The van der Waals surface area contributed by atoms with E-state index < -0.39 is 6.23 Å². The van der Waals surface area contributed by atoms with Crippen LogP contribution in [0.25, 0.3) is 21.9 Å². The van der Waals surface area contributed by atoms with E-state index in [9.17, 15) is 19.5 Å². The van der Waals surface area contributed by atoms with E-state index in [1.165, 1.54) is 0 Å². The molecular weight excluding hydrogens is 690 g/mol. The maximum absolute atomic E-state index is 13.2. The van der Waals surface area contributed by atoms with Gasteiger partial charge in [0.2, 0.25) is 0 Å². The molecule has 14 heteroatoms. The third-order valence-corrected chi connectivity index (χ3v) is 11.1. The predicted octanol–water partition coefficient (Wildman–Crippen LogP) is 3.16. The number of pyridine rings is 3. The van der Waals surface area contributed by atoms with Crippen LogP contribution in [0.5, 0.6) is 11.5 Å². The first kappa shape index (κ1) is 37.6. The van der Waals surface area contributed by atoms with Crippen LogP contribution >= 0.6 is 0 Å². The molecule has 0 radical (unpaired) electrons. The molecule has 0 spiro atoms. The zero-order valence-electron chi connectivity index (χ0n) is 31.4. The van der Waals surface area contributed by atoms with Crippen molar-refractivity contribution in [3.63, 3.8) is 0 Å². The van der Waals surface area contributed by atoms with Gasteiger partial charge in [0.05, 0.1) is 38.4 Å². The average Bonchev–Trinajstić information content (AvgIpc) is 3.18. The number of piperidine rings is 2. The Bertz CT molecular complexity index is 2070. The number of urea groups is 1. The van der Waals surface area contributed by atoms with Crippen molar-refractivity contribution in [2.24, 2.45) is 7.05 Å². The first-order valence-corrected chi connectivity index (χ1v) is 18.9. The van der Waals surface area contributed by atoms with E-state index in [4.69, 9.17) is 14.2 Å². The second kappa shape index (κ2) is 16.7. The standard InChI is InChI=1S/C40H51N7O7/c1-43-26-34(31-6-12-41-23-33(31)39(43)50)32-22-35(52-2)28(21-36(32)53-3)24-45-16-9-30(10-17-45)54-29-7-14-44(15-8-29)19-20-46-13-4-5-27(38(46)49)25-47-18-11-37(48)42-40(47)51/h4-6,12-13,21-23,26,29-30,37,48H,7-11,14-20,24-25H2,1-3H3,(H,42,51). The molecule has 288 valence electrons. The van der Waals surface area contributed by atoms with Crippen molar-refractivity contribution in [1.29, 1.82) is 0 Å². The van der Waals surface area contributed by atoms with Crippen LogP contribution in [-0.4, -0.2) is 112 Å². The molecule has 6 heterocycles. The maximum atomic E-state index is 13.2. The highest BCUT2D eigenvalue weighted by Crippen LogP contribution is 2.39. The monoisotopic (exact) mass is 741 g/mol. The van der Waals surface area contributed by atoms with Crippen LogP contribution in [0.1, 0.15) is 43.2 Å². The van der Waals surface area contributed by atoms with Gasteiger partial charge in [-0.05, 0) is 55.3 Å². The Morgan fingerprint density at radius 2 is 1.52 bits per heavy atom. The summed E-state index contributed by atoms with van der Waals surface area (Å²) in [6, 6.07) is 9.21. The third kappa shape index (κ3) is 8.31. The van der Waals surface area contributed by atoms with Crippen LogP contribution in [0.3, 0.4) is 0 Å². The summed E-state index contributed by atoms with van der Waals surface area (Å²) >= 11 is 0. The van der Waals surface area contributed by atoms with Crippen molar-refractivity contribution >= 4 is 16.8 Å². The minimum atomic E-state index is -0.831. The van der Waals surface area contributed by atoms with Crippen molar-refractivity contribution in [1.82, 2.24) is 34.1 Å². The summed E-state index contributed by atoms with van der Waals surface area (Å²) in [4.78, 5) is 48.7. The number of methoxy groups -OCH3 is 2. The first-order valence-electron chi connectivity index (χ1n) is 18.9. The molecule has 54 heavy (non-hydrogen) atoms. The number of likely N-dealkylation sites (tertiary alicyclic amines) is 2. The lowest BCUT2D eigenvalue weighted by molar-refractivity contribution is -0.0658. The zero-order valence-corrected chi connectivity index (χ0v) is 31.4. The maximum Gasteiger partial charge on any atom is 0.319 e. The number of aryl methyl sites for hydroxylation is 1. The molecular formula is C40H51N7O7. The Kier molecular flexibility index (Phi) is 11.6. The molecule has 1 aromatic carbocycles. The lowest BCUT2D eigenvalue weighted by Crippen LogP contribution is -2.51. The number of ether oxygens (including phenoxy) is 3. The lowest BCUT2D eigenvalue weighted by atomic mass is 9.98. The molecule has 3 aliphatic rings. The predicted molar refractivity (Wildman–Crippen MR) is 205 cm³/mol. The number of hydrogen-bond acceptors (Lipinski definition) is 10. The number of aliphatic hydroxyl groups excluding tert-OH is 1. The van der Waals surface area contributed by atoms with Crippen molar-refractivity contribution in [2.45, 2.75) is 70.2 Å². The molecule has 3 aromatic heterocycles. The van der Waals surface area contributed by atoms with Crippen LogP contribution < -0.4 is 25.9 Å². The second-order valence-corrected chi connectivity index (χ2v) is 14.6. The van der Waals surface area contributed by atoms with Crippen LogP contribution in [0, 0.1) is 0 Å². The summed E-state index contributed by atoms with van der Waals surface area (Å²) in [6.45, 7) is 6.44. The van der Waals surface area contributed by atoms with Gasteiger partial charge in [0, 0.05) is 113 Å². The van der Waals surface area contributed by atoms with E-state index in [1.54, 1.807) is 53.8 Å². The van der Waals surface area contributed by atoms with Gasteiger partial charge >= 0.3 is 6.03 Å². The molecule has 2 amide bonds. The van der Waals surface area contributed by atoms with Gasteiger partial charge in [-0.2, -0.15) is 0 Å². The number of aromatic nitrogens is 3. The minimum absolute atomic E-state index is 0.0800. The number of nitrogens with one attached hydrogen (secondary N) is 1. The van der Waals surface area contributed by atoms with Gasteiger partial charge in [-0.1, -0.05) is 6.07 Å². The summed E-state index contributed by atoms with van der Waals surface area (Å²) in [5.74, 6) is 1.50. The Balaban J connectivity index is 0.887. The average molecular weight is 742 g/mol. The Hall–Kier alpha value is -4.76. The fourth-order valence-corrected chi connectivity index (χ4v) is 7.98. The van der Waals surface area contributed by atoms with Crippen LogP contribution in [0.2, 0.25) is 0 Å². The number of aliphatic hydroxyl groups is 1. The topological polar surface area (TPSA) is 144 Å². The van der Waals surface area contributed by atoms with E-state index in [-0.39, 0.29) is 35.9 Å². The Labute approximate surface area is 314 Å². The number of amides is 2. The summed E-state index contributed by atoms with van der Waals surface area (Å²) in [5.41, 5.74) is 3.18. The molecule has 4 aromatic rings. The van der Waals surface area contributed by atoms with Gasteiger partial charge in [-0.15, -0.1) is 0 Å². The number of carbonyl (C=O) groups is 1. The zero-order chi connectivity index (χ0) is 37.8. The number of rotatable bonds is 12. The highest BCUT2D eigenvalue weighted by molar-refractivity contribution is 5.97. The van der Waals surface area contributed by atoms with Crippen LogP contribution in [0.15, 0.2) is 64.7 Å². The summed E-state index contributed by atoms with van der Waals surface area (Å²) < 4.78 is 21.7. The molecule has 3 fully saturated rings. The molecule has 7 rings (SSSR count).